The smallest absolute Gasteiger partial charge is 0.254 e. The summed E-state index contributed by atoms with van der Waals surface area (Å²) in [6.45, 7) is 5.94. The van der Waals surface area contributed by atoms with E-state index in [9.17, 15) is 4.79 Å². The van der Waals surface area contributed by atoms with Gasteiger partial charge in [-0.2, -0.15) is 0 Å². The van der Waals surface area contributed by atoms with Crippen LogP contribution in [0.2, 0.25) is 0 Å². The molecule has 1 aromatic heterocycles. The molecule has 0 bridgehead atoms. The van der Waals surface area contributed by atoms with E-state index in [1.807, 2.05) is 42.2 Å². The number of rotatable bonds is 5. The second-order valence-electron chi connectivity index (χ2n) is 7.55. The second kappa shape index (κ2) is 7.95. The molecule has 2 aromatic rings. The van der Waals surface area contributed by atoms with E-state index in [0.29, 0.717) is 5.92 Å². The lowest BCUT2D eigenvalue weighted by atomic mass is 9.78. The molecule has 27 heavy (non-hydrogen) atoms. The Labute approximate surface area is 160 Å². The minimum Gasteiger partial charge on any atom is -0.382 e. The van der Waals surface area contributed by atoms with Crippen LogP contribution in [-0.4, -0.2) is 54.3 Å². The van der Waals surface area contributed by atoms with Gasteiger partial charge in [0, 0.05) is 44.5 Å². The Morgan fingerprint density at radius 3 is 2.93 bits per heavy atom. The summed E-state index contributed by atoms with van der Waals surface area (Å²) in [7, 11) is 0. The molecule has 1 aromatic carbocycles. The number of carbonyl (C=O) groups is 1. The largest absolute Gasteiger partial charge is 0.382 e. The normalized spacial score (nSPS) is 21.8. The van der Waals surface area contributed by atoms with Gasteiger partial charge in [0.25, 0.3) is 5.91 Å². The van der Waals surface area contributed by atoms with Crippen LogP contribution in [0.5, 0.6) is 0 Å². The summed E-state index contributed by atoms with van der Waals surface area (Å²) in [5.74, 6) is 0.648. The van der Waals surface area contributed by atoms with Crippen LogP contribution in [0.3, 0.4) is 0 Å². The molecule has 0 aliphatic carbocycles. The van der Waals surface area contributed by atoms with Crippen molar-refractivity contribution < 1.29 is 14.3 Å². The summed E-state index contributed by atoms with van der Waals surface area (Å²) < 4.78 is 11.8. The van der Waals surface area contributed by atoms with Gasteiger partial charge in [0.2, 0.25) is 0 Å². The molecule has 2 aliphatic heterocycles. The predicted octanol–water partition coefficient (Wildman–Crippen LogP) is 3.67. The van der Waals surface area contributed by atoms with Crippen molar-refractivity contribution in [3.05, 3.63) is 42.1 Å². The van der Waals surface area contributed by atoms with Crippen molar-refractivity contribution in [2.45, 2.75) is 38.2 Å². The zero-order valence-corrected chi connectivity index (χ0v) is 16.0. The number of amides is 1. The third-order valence-corrected chi connectivity index (χ3v) is 6.19. The van der Waals surface area contributed by atoms with Crippen LogP contribution in [-0.2, 0) is 9.47 Å². The fraction of sp³-hybridized carbons (Fsp3) is 0.545. The SMILES string of the molecule is CCOCCC1CCOC12CCN(C(=O)c1ccnc3ccccc13)CC2. The highest BCUT2D eigenvalue weighted by atomic mass is 16.5. The quantitative estimate of drug-likeness (QED) is 0.756. The molecule has 1 spiro atoms. The fourth-order valence-electron chi connectivity index (χ4n) is 4.66. The number of para-hydroxylation sites is 1. The minimum absolute atomic E-state index is 0.0613. The summed E-state index contributed by atoms with van der Waals surface area (Å²) in [5.41, 5.74) is 1.55. The van der Waals surface area contributed by atoms with Crippen molar-refractivity contribution in [2.75, 3.05) is 32.9 Å². The van der Waals surface area contributed by atoms with Gasteiger partial charge >= 0.3 is 0 Å². The highest BCUT2D eigenvalue weighted by Crippen LogP contribution is 2.42. The van der Waals surface area contributed by atoms with E-state index in [4.69, 9.17) is 9.47 Å². The van der Waals surface area contributed by atoms with Gasteiger partial charge in [0.15, 0.2) is 0 Å². The number of ether oxygens (including phenoxy) is 2. The van der Waals surface area contributed by atoms with Crippen LogP contribution in [0.25, 0.3) is 10.9 Å². The van der Waals surface area contributed by atoms with Crippen LogP contribution in [0.15, 0.2) is 36.5 Å². The van der Waals surface area contributed by atoms with Gasteiger partial charge in [-0.1, -0.05) is 18.2 Å². The van der Waals surface area contributed by atoms with Crippen molar-refractivity contribution in [1.29, 1.82) is 0 Å². The molecular formula is C22H28N2O3. The third-order valence-electron chi connectivity index (χ3n) is 6.19. The molecule has 2 aliphatic rings. The lowest BCUT2D eigenvalue weighted by Crippen LogP contribution is -2.49. The summed E-state index contributed by atoms with van der Waals surface area (Å²) in [4.78, 5) is 19.5. The maximum Gasteiger partial charge on any atom is 0.254 e. The number of hydrogen-bond donors (Lipinski definition) is 0. The highest BCUT2D eigenvalue weighted by molar-refractivity contribution is 6.06. The lowest BCUT2D eigenvalue weighted by molar-refractivity contribution is -0.0669. The van der Waals surface area contributed by atoms with E-state index in [2.05, 4.69) is 4.98 Å². The number of likely N-dealkylation sites (tertiary alicyclic amines) is 1. The van der Waals surface area contributed by atoms with E-state index in [-0.39, 0.29) is 11.5 Å². The standard InChI is InChI=1S/C22H28N2O3/c1-2-26-15-8-17-9-16-27-22(17)10-13-24(14-11-22)21(25)19-7-12-23-20-6-4-3-5-18(19)20/h3-7,12,17H,2,8-11,13-16H2,1H3. The maximum atomic E-state index is 13.1. The molecule has 1 amide bonds. The molecule has 5 nitrogen and oxygen atoms in total. The Bertz CT molecular complexity index is 794. The summed E-state index contributed by atoms with van der Waals surface area (Å²) in [6.07, 6.45) is 5.72. The Balaban J connectivity index is 1.45. The number of benzene rings is 1. The first kappa shape index (κ1) is 18.4. The van der Waals surface area contributed by atoms with Crippen molar-refractivity contribution in [2.24, 2.45) is 5.92 Å². The average molecular weight is 368 g/mol. The molecule has 3 heterocycles. The zero-order valence-electron chi connectivity index (χ0n) is 16.0. The van der Waals surface area contributed by atoms with Gasteiger partial charge in [0.1, 0.15) is 0 Å². The minimum atomic E-state index is -0.0613. The summed E-state index contributed by atoms with van der Waals surface area (Å²) >= 11 is 0. The molecule has 0 radical (unpaired) electrons. The molecule has 2 fully saturated rings. The van der Waals surface area contributed by atoms with Crippen molar-refractivity contribution in [1.82, 2.24) is 9.88 Å². The molecule has 0 N–H and O–H groups in total. The molecule has 1 atom stereocenters. The molecular weight excluding hydrogens is 340 g/mol. The van der Waals surface area contributed by atoms with E-state index in [1.54, 1.807) is 6.20 Å². The Morgan fingerprint density at radius 2 is 2.11 bits per heavy atom. The first-order chi connectivity index (χ1) is 13.2. The van der Waals surface area contributed by atoms with Crippen molar-refractivity contribution in [3.63, 3.8) is 0 Å². The second-order valence-corrected chi connectivity index (χ2v) is 7.55. The number of fused-ring (bicyclic) bond motifs is 1. The van der Waals surface area contributed by atoms with Crippen LogP contribution in [0, 0.1) is 5.92 Å². The molecule has 1 unspecified atom stereocenters. The number of nitrogens with zero attached hydrogens (tertiary/aromatic N) is 2. The molecule has 2 saturated heterocycles. The van der Waals surface area contributed by atoms with Crippen LogP contribution in [0.4, 0.5) is 0 Å². The number of piperidine rings is 1. The maximum absolute atomic E-state index is 13.1. The van der Waals surface area contributed by atoms with Gasteiger partial charge in [-0.3, -0.25) is 9.78 Å². The number of hydrogen-bond acceptors (Lipinski definition) is 4. The number of carbonyl (C=O) groups excluding carboxylic acids is 1. The van der Waals surface area contributed by atoms with Crippen molar-refractivity contribution in [3.8, 4) is 0 Å². The summed E-state index contributed by atoms with van der Waals surface area (Å²) in [5, 5.41) is 0.928. The van der Waals surface area contributed by atoms with E-state index >= 15 is 0 Å². The van der Waals surface area contributed by atoms with Crippen LogP contribution < -0.4 is 0 Å². The van der Waals surface area contributed by atoms with Gasteiger partial charge < -0.3 is 14.4 Å². The monoisotopic (exact) mass is 368 g/mol. The first-order valence-electron chi connectivity index (χ1n) is 10.1. The number of pyridine rings is 1. The topological polar surface area (TPSA) is 51.7 Å². The highest BCUT2D eigenvalue weighted by Gasteiger charge is 2.46. The Kier molecular flexibility index (Phi) is 5.41. The van der Waals surface area contributed by atoms with Gasteiger partial charge in [0.05, 0.1) is 16.7 Å². The first-order valence-corrected chi connectivity index (χ1v) is 10.1. The molecule has 4 rings (SSSR count). The van der Waals surface area contributed by atoms with E-state index in [0.717, 1.165) is 75.1 Å². The Morgan fingerprint density at radius 1 is 1.30 bits per heavy atom. The van der Waals surface area contributed by atoms with E-state index < -0.39 is 0 Å². The number of aromatic nitrogens is 1. The van der Waals surface area contributed by atoms with Gasteiger partial charge in [-0.25, -0.2) is 0 Å². The van der Waals surface area contributed by atoms with Gasteiger partial charge in [-0.05, 0) is 50.7 Å². The average Bonchev–Trinajstić information content (AvgIpc) is 3.10. The zero-order chi connectivity index (χ0) is 18.7. The third kappa shape index (κ3) is 3.58. The molecule has 0 saturated carbocycles. The molecule has 5 heteroatoms. The fourth-order valence-corrected chi connectivity index (χ4v) is 4.66. The van der Waals surface area contributed by atoms with Crippen LogP contribution in [0.1, 0.15) is 43.0 Å². The van der Waals surface area contributed by atoms with Crippen LogP contribution >= 0.6 is 0 Å². The van der Waals surface area contributed by atoms with E-state index in [1.165, 1.54) is 0 Å². The van der Waals surface area contributed by atoms with Crippen molar-refractivity contribution >= 4 is 16.8 Å². The predicted molar refractivity (Wildman–Crippen MR) is 105 cm³/mol. The lowest BCUT2D eigenvalue weighted by Gasteiger charge is -2.42. The Hall–Kier alpha value is -1.98. The molecule has 144 valence electrons. The summed E-state index contributed by atoms with van der Waals surface area (Å²) in [6, 6.07) is 9.68. The van der Waals surface area contributed by atoms with Gasteiger partial charge in [-0.15, -0.1) is 0 Å².